The van der Waals surface area contributed by atoms with Gasteiger partial charge in [0.1, 0.15) is 0 Å². The second-order valence-corrected chi connectivity index (χ2v) is 4.04. The van der Waals surface area contributed by atoms with Crippen LogP contribution in [0, 0.1) is 0 Å². The third kappa shape index (κ3) is 1.38. The van der Waals surface area contributed by atoms with Crippen molar-refractivity contribution >= 4 is 22.9 Å². The number of hydrogen-bond donors (Lipinski definition) is 1. The molecule has 2 rings (SSSR count). The van der Waals surface area contributed by atoms with Gasteiger partial charge in [-0.3, -0.25) is 0 Å². The smallest absolute Gasteiger partial charge is 0.0864 e. The van der Waals surface area contributed by atoms with E-state index in [-0.39, 0.29) is 5.92 Å². The molecule has 2 heterocycles. The first-order valence-electron chi connectivity index (χ1n) is 3.76. The molecule has 1 aliphatic rings. The summed E-state index contributed by atoms with van der Waals surface area (Å²) in [6.45, 7) is 1.01. The standard InChI is InChI=1S/C8H9ClO2S/c9-7-4-12-3-6(7)5-1-11-2-8(5)10/h3-5,8,10H,1-2H2/t5-,8+/m0/s1. The molecule has 0 unspecified atom stereocenters. The topological polar surface area (TPSA) is 29.5 Å². The molecule has 1 aliphatic heterocycles. The van der Waals surface area contributed by atoms with Crippen molar-refractivity contribution in [1.82, 2.24) is 0 Å². The summed E-state index contributed by atoms with van der Waals surface area (Å²) in [5, 5.41) is 14.1. The van der Waals surface area contributed by atoms with Crippen LogP contribution in [0.15, 0.2) is 10.8 Å². The maximum Gasteiger partial charge on any atom is 0.0864 e. The molecule has 1 fully saturated rings. The SMILES string of the molecule is O[C@@H]1COC[C@H]1c1cscc1Cl. The van der Waals surface area contributed by atoms with Gasteiger partial charge < -0.3 is 9.84 Å². The van der Waals surface area contributed by atoms with E-state index < -0.39 is 6.10 Å². The first-order chi connectivity index (χ1) is 5.79. The Kier molecular flexibility index (Phi) is 2.37. The van der Waals surface area contributed by atoms with Crippen LogP contribution in [-0.4, -0.2) is 24.4 Å². The zero-order chi connectivity index (χ0) is 8.55. The summed E-state index contributed by atoms with van der Waals surface area (Å²) in [6, 6.07) is 0. The van der Waals surface area contributed by atoms with Crippen molar-refractivity contribution in [2.24, 2.45) is 0 Å². The van der Waals surface area contributed by atoms with Crippen molar-refractivity contribution in [3.8, 4) is 0 Å². The maximum absolute atomic E-state index is 9.51. The van der Waals surface area contributed by atoms with Gasteiger partial charge in [-0.1, -0.05) is 11.6 Å². The van der Waals surface area contributed by atoms with Crippen molar-refractivity contribution in [2.45, 2.75) is 12.0 Å². The van der Waals surface area contributed by atoms with Gasteiger partial charge in [0.2, 0.25) is 0 Å². The quantitative estimate of drug-likeness (QED) is 0.757. The predicted molar refractivity (Wildman–Crippen MR) is 48.9 cm³/mol. The van der Waals surface area contributed by atoms with Crippen molar-refractivity contribution in [3.63, 3.8) is 0 Å². The molecule has 0 amide bonds. The predicted octanol–water partition coefficient (Wildman–Crippen LogP) is 1.88. The lowest BCUT2D eigenvalue weighted by Crippen LogP contribution is -2.15. The monoisotopic (exact) mass is 204 g/mol. The summed E-state index contributed by atoms with van der Waals surface area (Å²) in [5.41, 5.74) is 1.02. The largest absolute Gasteiger partial charge is 0.390 e. The summed E-state index contributed by atoms with van der Waals surface area (Å²) < 4.78 is 5.14. The second-order valence-electron chi connectivity index (χ2n) is 2.89. The Morgan fingerprint density at radius 1 is 1.50 bits per heavy atom. The van der Waals surface area contributed by atoms with Gasteiger partial charge in [0, 0.05) is 11.3 Å². The summed E-state index contributed by atoms with van der Waals surface area (Å²) in [5.74, 6) is 0.0729. The Balaban J connectivity index is 2.24. The number of halogens is 1. The lowest BCUT2D eigenvalue weighted by Gasteiger charge is -2.10. The van der Waals surface area contributed by atoms with E-state index in [4.69, 9.17) is 16.3 Å². The van der Waals surface area contributed by atoms with Gasteiger partial charge in [-0.05, 0) is 10.9 Å². The number of hydrogen-bond acceptors (Lipinski definition) is 3. The molecule has 1 aromatic heterocycles. The van der Waals surface area contributed by atoms with Crippen LogP contribution in [0.3, 0.4) is 0 Å². The van der Waals surface area contributed by atoms with Crippen LogP contribution in [0.1, 0.15) is 11.5 Å². The fourth-order valence-electron chi connectivity index (χ4n) is 1.40. The van der Waals surface area contributed by atoms with Gasteiger partial charge in [-0.25, -0.2) is 0 Å². The van der Waals surface area contributed by atoms with Crippen molar-refractivity contribution in [2.75, 3.05) is 13.2 Å². The molecule has 1 saturated heterocycles. The van der Waals surface area contributed by atoms with Gasteiger partial charge in [-0.15, -0.1) is 0 Å². The maximum atomic E-state index is 9.51. The summed E-state index contributed by atoms with van der Waals surface area (Å²) in [6.07, 6.45) is -0.392. The minimum Gasteiger partial charge on any atom is -0.390 e. The van der Waals surface area contributed by atoms with Crippen molar-refractivity contribution in [3.05, 3.63) is 21.3 Å². The van der Waals surface area contributed by atoms with E-state index in [1.165, 1.54) is 0 Å². The van der Waals surface area contributed by atoms with Crippen LogP contribution in [0.4, 0.5) is 0 Å². The third-order valence-corrected chi connectivity index (χ3v) is 3.31. The van der Waals surface area contributed by atoms with Crippen LogP contribution >= 0.6 is 22.9 Å². The third-order valence-electron chi connectivity index (χ3n) is 2.09. The van der Waals surface area contributed by atoms with Gasteiger partial charge in [0.25, 0.3) is 0 Å². The Hall–Kier alpha value is -0.0900. The van der Waals surface area contributed by atoms with E-state index in [1.807, 2.05) is 10.8 Å². The van der Waals surface area contributed by atoms with E-state index in [9.17, 15) is 5.11 Å². The molecule has 66 valence electrons. The van der Waals surface area contributed by atoms with E-state index in [0.717, 1.165) is 10.6 Å². The van der Waals surface area contributed by atoms with E-state index in [1.54, 1.807) is 11.3 Å². The highest BCUT2D eigenvalue weighted by molar-refractivity contribution is 7.08. The van der Waals surface area contributed by atoms with Crippen LogP contribution in [0.2, 0.25) is 5.02 Å². The molecular formula is C8H9ClO2S. The van der Waals surface area contributed by atoms with Crippen LogP contribution < -0.4 is 0 Å². The summed E-state index contributed by atoms with van der Waals surface area (Å²) >= 11 is 7.49. The number of aliphatic hydroxyl groups excluding tert-OH is 1. The van der Waals surface area contributed by atoms with Crippen molar-refractivity contribution < 1.29 is 9.84 Å². The van der Waals surface area contributed by atoms with Gasteiger partial charge in [0.15, 0.2) is 0 Å². The zero-order valence-electron chi connectivity index (χ0n) is 6.37. The molecule has 12 heavy (non-hydrogen) atoms. The minimum atomic E-state index is -0.392. The molecule has 0 radical (unpaired) electrons. The Morgan fingerprint density at radius 3 is 2.83 bits per heavy atom. The molecule has 0 aromatic carbocycles. The summed E-state index contributed by atoms with van der Waals surface area (Å²) in [7, 11) is 0. The van der Waals surface area contributed by atoms with Crippen LogP contribution in [0.5, 0.6) is 0 Å². The summed E-state index contributed by atoms with van der Waals surface area (Å²) in [4.78, 5) is 0. The van der Waals surface area contributed by atoms with Crippen LogP contribution in [0.25, 0.3) is 0 Å². The fourth-order valence-corrected chi connectivity index (χ4v) is 2.58. The average molecular weight is 205 g/mol. The fraction of sp³-hybridized carbons (Fsp3) is 0.500. The highest BCUT2D eigenvalue weighted by Crippen LogP contribution is 2.33. The molecule has 0 bridgehead atoms. The van der Waals surface area contributed by atoms with Gasteiger partial charge in [-0.2, -0.15) is 11.3 Å². The average Bonchev–Trinajstić information content (AvgIpc) is 2.59. The minimum absolute atomic E-state index is 0.0729. The Bertz CT molecular complexity index is 274. The lowest BCUT2D eigenvalue weighted by atomic mass is 9.99. The Labute approximate surface area is 79.7 Å². The number of ether oxygens (including phenoxy) is 1. The molecule has 0 spiro atoms. The Morgan fingerprint density at radius 2 is 2.33 bits per heavy atom. The molecular weight excluding hydrogens is 196 g/mol. The highest BCUT2D eigenvalue weighted by atomic mass is 35.5. The van der Waals surface area contributed by atoms with Crippen LogP contribution in [-0.2, 0) is 4.74 Å². The molecule has 2 nitrogen and oxygen atoms in total. The molecule has 0 aliphatic carbocycles. The van der Waals surface area contributed by atoms with E-state index in [0.29, 0.717) is 13.2 Å². The molecule has 1 aromatic rings. The molecule has 2 atom stereocenters. The first-order valence-corrected chi connectivity index (χ1v) is 5.08. The van der Waals surface area contributed by atoms with Gasteiger partial charge >= 0.3 is 0 Å². The number of rotatable bonds is 1. The zero-order valence-corrected chi connectivity index (χ0v) is 7.94. The molecule has 0 saturated carbocycles. The number of thiophene rings is 1. The van der Waals surface area contributed by atoms with Gasteiger partial charge in [0.05, 0.1) is 24.3 Å². The molecule has 1 N–H and O–H groups in total. The normalized spacial score (nSPS) is 29.5. The molecule has 4 heteroatoms. The lowest BCUT2D eigenvalue weighted by molar-refractivity contribution is 0.124. The van der Waals surface area contributed by atoms with E-state index >= 15 is 0 Å². The number of aliphatic hydroxyl groups is 1. The first kappa shape index (κ1) is 8.51. The highest BCUT2D eigenvalue weighted by Gasteiger charge is 2.29. The van der Waals surface area contributed by atoms with E-state index in [2.05, 4.69) is 0 Å². The van der Waals surface area contributed by atoms with Crippen molar-refractivity contribution in [1.29, 1.82) is 0 Å². The second kappa shape index (κ2) is 3.34.